The van der Waals surface area contributed by atoms with Crippen LogP contribution in [-0.2, 0) is 9.59 Å². The van der Waals surface area contributed by atoms with Gasteiger partial charge in [-0.15, -0.1) is 0 Å². The van der Waals surface area contributed by atoms with Gasteiger partial charge in [0.15, 0.2) is 6.61 Å². The highest BCUT2D eigenvalue weighted by Crippen LogP contribution is 2.28. The van der Waals surface area contributed by atoms with Crippen LogP contribution in [0.4, 0.5) is 11.4 Å². The van der Waals surface area contributed by atoms with Crippen LogP contribution in [0.25, 0.3) is 0 Å². The molecule has 1 fully saturated rings. The smallest absolute Gasteiger partial charge is 0.262 e. The Morgan fingerprint density at radius 1 is 1.23 bits per heavy atom. The minimum atomic E-state index is -0.329. The van der Waals surface area contributed by atoms with Gasteiger partial charge in [0.05, 0.1) is 22.9 Å². The Morgan fingerprint density at radius 2 is 2.04 bits per heavy atom. The van der Waals surface area contributed by atoms with Gasteiger partial charge >= 0.3 is 0 Å². The van der Waals surface area contributed by atoms with E-state index in [4.69, 9.17) is 27.9 Å². The standard InChI is InChI=1S/C18H17Cl2N3O3/c19-12-5-6-16(13(20)9-12)26-11-18(25)22-14-3-1-2-4-15(14)23-8-7-21-17(24)10-23/h1-6,9H,7-8,10-11H2,(H,21,24)(H,22,25). The van der Waals surface area contributed by atoms with Crippen molar-refractivity contribution in [2.24, 2.45) is 0 Å². The summed E-state index contributed by atoms with van der Waals surface area (Å²) in [5.74, 6) is 0.00947. The summed E-state index contributed by atoms with van der Waals surface area (Å²) in [7, 11) is 0. The third-order valence-electron chi connectivity index (χ3n) is 3.81. The minimum Gasteiger partial charge on any atom is -0.482 e. The average Bonchev–Trinajstić information content (AvgIpc) is 2.61. The van der Waals surface area contributed by atoms with Crippen molar-refractivity contribution in [3.05, 3.63) is 52.5 Å². The number of piperazine rings is 1. The van der Waals surface area contributed by atoms with Gasteiger partial charge in [-0.25, -0.2) is 0 Å². The van der Waals surface area contributed by atoms with Gasteiger partial charge in [0.25, 0.3) is 5.91 Å². The number of ether oxygens (including phenoxy) is 1. The molecule has 0 aromatic heterocycles. The number of para-hydroxylation sites is 2. The predicted octanol–water partition coefficient (Wildman–Crippen LogP) is 2.95. The maximum atomic E-state index is 12.3. The predicted molar refractivity (Wildman–Crippen MR) is 102 cm³/mol. The van der Waals surface area contributed by atoms with Crippen molar-refractivity contribution in [1.29, 1.82) is 0 Å². The molecule has 0 radical (unpaired) electrons. The van der Waals surface area contributed by atoms with Crippen molar-refractivity contribution in [2.45, 2.75) is 0 Å². The molecule has 1 saturated heterocycles. The highest BCUT2D eigenvalue weighted by atomic mass is 35.5. The summed E-state index contributed by atoms with van der Waals surface area (Å²) in [6.07, 6.45) is 0. The van der Waals surface area contributed by atoms with Crippen molar-refractivity contribution < 1.29 is 14.3 Å². The first kappa shape index (κ1) is 18.4. The Balaban J connectivity index is 1.65. The van der Waals surface area contributed by atoms with Crippen LogP contribution in [0.5, 0.6) is 5.75 Å². The van der Waals surface area contributed by atoms with Crippen LogP contribution in [0.2, 0.25) is 10.0 Å². The number of hydrogen-bond acceptors (Lipinski definition) is 4. The normalized spacial score (nSPS) is 13.9. The van der Waals surface area contributed by atoms with Crippen LogP contribution in [0, 0.1) is 0 Å². The molecule has 26 heavy (non-hydrogen) atoms. The number of nitrogens with one attached hydrogen (secondary N) is 2. The van der Waals surface area contributed by atoms with Crippen LogP contribution in [0.15, 0.2) is 42.5 Å². The van der Waals surface area contributed by atoms with E-state index in [0.717, 1.165) is 5.69 Å². The number of amides is 2. The molecule has 2 aromatic rings. The van der Waals surface area contributed by atoms with Gasteiger partial charge < -0.3 is 20.3 Å². The van der Waals surface area contributed by atoms with Crippen LogP contribution in [0.3, 0.4) is 0 Å². The molecule has 8 heteroatoms. The Hall–Kier alpha value is -2.44. The highest BCUT2D eigenvalue weighted by molar-refractivity contribution is 6.35. The fourth-order valence-corrected chi connectivity index (χ4v) is 3.08. The molecule has 2 N–H and O–H groups in total. The molecule has 2 aromatic carbocycles. The third kappa shape index (κ3) is 4.59. The fourth-order valence-electron chi connectivity index (χ4n) is 2.62. The number of nitrogens with zero attached hydrogens (tertiary/aromatic N) is 1. The summed E-state index contributed by atoms with van der Waals surface area (Å²) >= 11 is 11.9. The zero-order chi connectivity index (χ0) is 18.5. The lowest BCUT2D eigenvalue weighted by atomic mass is 10.2. The monoisotopic (exact) mass is 393 g/mol. The summed E-state index contributed by atoms with van der Waals surface area (Å²) in [5.41, 5.74) is 1.42. The molecule has 3 rings (SSSR count). The van der Waals surface area contributed by atoms with Gasteiger partial charge in [-0.05, 0) is 30.3 Å². The molecule has 0 aliphatic carbocycles. The van der Waals surface area contributed by atoms with Crippen LogP contribution >= 0.6 is 23.2 Å². The number of hydrogen-bond donors (Lipinski definition) is 2. The lowest BCUT2D eigenvalue weighted by molar-refractivity contribution is -0.120. The van der Waals surface area contributed by atoms with E-state index in [0.29, 0.717) is 34.6 Å². The van der Waals surface area contributed by atoms with Crippen molar-refractivity contribution in [2.75, 3.05) is 36.5 Å². The number of halogens is 2. The Morgan fingerprint density at radius 3 is 2.81 bits per heavy atom. The number of benzene rings is 2. The van der Waals surface area contributed by atoms with Gasteiger partial charge in [-0.1, -0.05) is 35.3 Å². The summed E-state index contributed by atoms with van der Waals surface area (Å²) in [6.45, 7) is 1.30. The van der Waals surface area contributed by atoms with E-state index >= 15 is 0 Å². The Labute approximate surface area is 161 Å². The van der Waals surface area contributed by atoms with E-state index in [1.54, 1.807) is 24.3 Å². The summed E-state index contributed by atoms with van der Waals surface area (Å²) in [5, 5.41) is 6.43. The molecule has 2 amide bonds. The second kappa shape index (κ2) is 8.29. The van der Waals surface area contributed by atoms with Crippen LogP contribution in [0.1, 0.15) is 0 Å². The molecule has 136 valence electrons. The van der Waals surface area contributed by atoms with Gasteiger partial charge in [0.1, 0.15) is 5.75 Å². The molecule has 1 heterocycles. The van der Waals surface area contributed by atoms with Gasteiger partial charge in [0, 0.05) is 18.1 Å². The van der Waals surface area contributed by atoms with Crippen LogP contribution < -0.4 is 20.3 Å². The van der Waals surface area contributed by atoms with E-state index in [2.05, 4.69) is 10.6 Å². The number of carbonyl (C=O) groups excluding carboxylic acids is 2. The second-order valence-corrected chi connectivity index (χ2v) is 6.54. The Bertz CT molecular complexity index is 829. The molecular weight excluding hydrogens is 377 g/mol. The Kier molecular flexibility index (Phi) is 5.85. The molecule has 0 unspecified atom stereocenters. The van der Waals surface area contributed by atoms with Gasteiger partial charge in [-0.3, -0.25) is 9.59 Å². The number of carbonyl (C=O) groups is 2. The third-order valence-corrected chi connectivity index (χ3v) is 4.34. The van der Waals surface area contributed by atoms with Crippen molar-refractivity contribution in [3.8, 4) is 5.75 Å². The fraction of sp³-hybridized carbons (Fsp3) is 0.222. The molecule has 6 nitrogen and oxygen atoms in total. The molecule has 0 saturated carbocycles. The van der Waals surface area contributed by atoms with E-state index in [-0.39, 0.29) is 25.0 Å². The van der Waals surface area contributed by atoms with E-state index in [9.17, 15) is 9.59 Å². The second-order valence-electron chi connectivity index (χ2n) is 5.70. The lowest BCUT2D eigenvalue weighted by Gasteiger charge is -2.30. The van der Waals surface area contributed by atoms with E-state index in [1.807, 2.05) is 23.1 Å². The topological polar surface area (TPSA) is 70.7 Å². The number of anilines is 2. The molecule has 0 bridgehead atoms. The largest absolute Gasteiger partial charge is 0.482 e. The van der Waals surface area contributed by atoms with Gasteiger partial charge in [-0.2, -0.15) is 0 Å². The average molecular weight is 394 g/mol. The zero-order valence-electron chi connectivity index (χ0n) is 13.8. The first-order chi connectivity index (χ1) is 12.5. The van der Waals surface area contributed by atoms with Crippen molar-refractivity contribution in [1.82, 2.24) is 5.32 Å². The first-order valence-electron chi connectivity index (χ1n) is 8.01. The van der Waals surface area contributed by atoms with Crippen molar-refractivity contribution in [3.63, 3.8) is 0 Å². The summed E-state index contributed by atoms with van der Waals surface area (Å²) in [6, 6.07) is 12.1. The van der Waals surface area contributed by atoms with E-state index in [1.165, 1.54) is 0 Å². The molecule has 0 atom stereocenters. The maximum Gasteiger partial charge on any atom is 0.262 e. The highest BCUT2D eigenvalue weighted by Gasteiger charge is 2.19. The lowest BCUT2D eigenvalue weighted by Crippen LogP contribution is -2.48. The minimum absolute atomic E-state index is 0.0434. The molecular formula is C18H17Cl2N3O3. The summed E-state index contributed by atoms with van der Waals surface area (Å²) < 4.78 is 5.45. The molecule has 0 spiro atoms. The van der Waals surface area contributed by atoms with Crippen molar-refractivity contribution >= 4 is 46.4 Å². The molecule has 1 aliphatic rings. The zero-order valence-corrected chi connectivity index (χ0v) is 15.3. The maximum absolute atomic E-state index is 12.3. The SMILES string of the molecule is O=C1CN(c2ccccc2NC(=O)COc2ccc(Cl)cc2Cl)CCN1. The van der Waals surface area contributed by atoms with Gasteiger partial charge in [0.2, 0.25) is 5.91 Å². The first-order valence-corrected chi connectivity index (χ1v) is 8.77. The summed E-state index contributed by atoms with van der Waals surface area (Å²) in [4.78, 5) is 25.8. The van der Waals surface area contributed by atoms with E-state index < -0.39 is 0 Å². The number of rotatable bonds is 5. The van der Waals surface area contributed by atoms with Crippen LogP contribution in [-0.4, -0.2) is 38.1 Å². The molecule has 1 aliphatic heterocycles. The quantitative estimate of drug-likeness (QED) is 0.818.